The molecule has 0 heterocycles. The third-order valence-corrected chi connectivity index (χ3v) is 3.25. The molecule has 0 aliphatic heterocycles. The summed E-state index contributed by atoms with van der Waals surface area (Å²) in [5.41, 5.74) is 0.633. The Morgan fingerprint density at radius 3 is 2.65 bits per heavy atom. The van der Waals surface area contributed by atoms with E-state index < -0.39 is 10.8 Å². The molecule has 0 radical (unpaired) electrons. The molecule has 0 saturated heterocycles. The predicted octanol–water partition coefficient (Wildman–Crippen LogP) is 4.20. The van der Waals surface area contributed by atoms with Gasteiger partial charge in [-0.15, -0.1) is 0 Å². The van der Waals surface area contributed by atoms with Gasteiger partial charge in [-0.05, 0) is 37.3 Å². The minimum absolute atomic E-state index is 0.461. The Morgan fingerprint density at radius 1 is 1.25 bits per heavy atom. The van der Waals surface area contributed by atoms with Crippen LogP contribution >= 0.6 is 28.6 Å². The van der Waals surface area contributed by atoms with Crippen molar-refractivity contribution in [3.8, 4) is 5.75 Å². The number of amides is 1. The van der Waals surface area contributed by atoms with E-state index in [1.807, 2.05) is 31.2 Å². The summed E-state index contributed by atoms with van der Waals surface area (Å²) in [7, 11) is 0. The van der Waals surface area contributed by atoms with Gasteiger partial charge in [-0.25, -0.2) is 4.79 Å². The second-order valence-electron chi connectivity index (χ2n) is 4.52. The zero-order valence-corrected chi connectivity index (χ0v) is 13.3. The number of thiol groups is 1. The molecule has 1 aromatic carbocycles. The summed E-state index contributed by atoms with van der Waals surface area (Å²) in [6.07, 6.45) is 6.87. The number of nitrogens with one attached hydrogen (secondary N) is 1. The van der Waals surface area contributed by atoms with Crippen LogP contribution < -0.4 is 10.1 Å². The molecule has 0 spiro atoms. The van der Waals surface area contributed by atoms with Crippen molar-refractivity contribution in [2.24, 2.45) is 0 Å². The third kappa shape index (κ3) is 4.58. The highest BCUT2D eigenvalue weighted by atomic mass is 79.9. The molecule has 104 valence electrons. The molecule has 0 saturated carbocycles. The van der Waals surface area contributed by atoms with Crippen LogP contribution in [0.5, 0.6) is 5.75 Å². The summed E-state index contributed by atoms with van der Waals surface area (Å²) in [4.78, 5) is 11.8. The first-order valence-electron chi connectivity index (χ1n) is 6.00. The molecule has 0 bridgehead atoms. The van der Waals surface area contributed by atoms with Gasteiger partial charge in [0, 0.05) is 14.9 Å². The molecule has 5 heteroatoms. The zero-order chi connectivity index (χ0) is 14.6. The topological polar surface area (TPSA) is 38.3 Å². The van der Waals surface area contributed by atoms with Gasteiger partial charge in [-0.2, -0.15) is 12.6 Å². The van der Waals surface area contributed by atoms with Crippen LogP contribution in [-0.2, 0) is 0 Å². The maximum atomic E-state index is 11.8. The highest BCUT2D eigenvalue weighted by molar-refractivity contribution is 9.11. The maximum Gasteiger partial charge on any atom is 0.417 e. The first-order chi connectivity index (χ1) is 9.44. The highest BCUT2D eigenvalue weighted by Gasteiger charge is 2.17. The second kappa shape index (κ2) is 6.33. The van der Waals surface area contributed by atoms with Crippen LogP contribution in [0, 0.1) is 0 Å². The molecule has 1 atom stereocenters. The van der Waals surface area contributed by atoms with E-state index >= 15 is 0 Å². The highest BCUT2D eigenvalue weighted by Crippen LogP contribution is 2.26. The van der Waals surface area contributed by atoms with E-state index in [0.717, 1.165) is 4.48 Å². The molecular formula is C15H14BrNO2S. The van der Waals surface area contributed by atoms with E-state index in [9.17, 15) is 4.79 Å². The van der Waals surface area contributed by atoms with Gasteiger partial charge >= 0.3 is 6.09 Å². The number of carbonyl (C=O) groups excluding carboxylic acids is 1. The smallest absolute Gasteiger partial charge is 0.410 e. The summed E-state index contributed by atoms with van der Waals surface area (Å²) in [5, 5.41) is 2.69. The van der Waals surface area contributed by atoms with Crippen LogP contribution in [0.15, 0.2) is 64.8 Å². The molecule has 0 aromatic heterocycles. The first-order valence-corrected chi connectivity index (χ1v) is 7.24. The Kier molecular flexibility index (Phi) is 4.73. The average molecular weight is 352 g/mol. The van der Waals surface area contributed by atoms with Crippen molar-refractivity contribution in [3.63, 3.8) is 0 Å². The number of rotatable bonds is 2. The standard InChI is InChI=1S/C15H14BrNO2S/c1-15(20)9-11(16)7-8-12(10-15)17-14(18)19-13-5-3-2-4-6-13/h2-10,20H,1H3,(H,17,18). The fraction of sp³-hybridized carbons (Fsp3) is 0.133. The largest absolute Gasteiger partial charge is 0.417 e. The minimum Gasteiger partial charge on any atom is -0.410 e. The van der Waals surface area contributed by atoms with Crippen LogP contribution in [0.2, 0.25) is 0 Å². The number of hydrogen-bond donors (Lipinski definition) is 2. The average Bonchev–Trinajstić information content (AvgIpc) is 2.48. The Hall–Kier alpha value is -1.46. The van der Waals surface area contributed by atoms with Crippen LogP contribution in [-0.4, -0.2) is 10.8 Å². The van der Waals surface area contributed by atoms with Gasteiger partial charge in [0.25, 0.3) is 0 Å². The van der Waals surface area contributed by atoms with Crippen molar-refractivity contribution in [1.29, 1.82) is 0 Å². The Bertz CT molecular complexity index is 591. The fourth-order valence-corrected chi connectivity index (χ4v) is 2.78. The van der Waals surface area contributed by atoms with E-state index in [4.69, 9.17) is 4.74 Å². The molecule has 2 rings (SSSR count). The summed E-state index contributed by atoms with van der Waals surface area (Å²) >= 11 is 7.92. The monoisotopic (exact) mass is 351 g/mol. The van der Waals surface area contributed by atoms with Crippen molar-refractivity contribution >= 4 is 34.7 Å². The lowest BCUT2D eigenvalue weighted by Crippen LogP contribution is -2.26. The fourth-order valence-electron chi connectivity index (χ4n) is 1.72. The van der Waals surface area contributed by atoms with Crippen LogP contribution in [0.1, 0.15) is 6.92 Å². The predicted molar refractivity (Wildman–Crippen MR) is 87.2 cm³/mol. The molecular weight excluding hydrogens is 338 g/mol. The number of benzene rings is 1. The van der Waals surface area contributed by atoms with Gasteiger partial charge in [0.1, 0.15) is 5.75 Å². The maximum absolute atomic E-state index is 11.8. The van der Waals surface area contributed by atoms with Gasteiger partial charge in [-0.3, -0.25) is 5.32 Å². The Labute approximate surface area is 131 Å². The van der Waals surface area contributed by atoms with Crippen LogP contribution in [0.25, 0.3) is 0 Å². The Morgan fingerprint density at radius 2 is 1.95 bits per heavy atom. The quantitative estimate of drug-likeness (QED) is 0.783. The summed E-state index contributed by atoms with van der Waals surface area (Å²) in [6, 6.07) is 8.91. The van der Waals surface area contributed by atoms with Gasteiger partial charge in [0.2, 0.25) is 0 Å². The van der Waals surface area contributed by atoms with Crippen molar-refractivity contribution in [1.82, 2.24) is 5.32 Å². The molecule has 1 unspecified atom stereocenters. The van der Waals surface area contributed by atoms with E-state index in [2.05, 4.69) is 33.9 Å². The van der Waals surface area contributed by atoms with Crippen LogP contribution in [0.4, 0.5) is 4.79 Å². The van der Waals surface area contributed by atoms with E-state index in [1.54, 1.807) is 30.3 Å². The number of ether oxygens (including phenoxy) is 1. The lowest BCUT2D eigenvalue weighted by atomic mass is 10.1. The van der Waals surface area contributed by atoms with Crippen LogP contribution in [0.3, 0.4) is 0 Å². The molecule has 1 aliphatic rings. The normalized spacial score (nSPS) is 21.6. The summed E-state index contributed by atoms with van der Waals surface area (Å²) in [6.45, 7) is 1.93. The molecule has 3 nitrogen and oxygen atoms in total. The lowest BCUT2D eigenvalue weighted by Gasteiger charge is -2.15. The van der Waals surface area contributed by atoms with Gasteiger partial charge in [-0.1, -0.05) is 40.2 Å². The van der Waals surface area contributed by atoms with E-state index in [-0.39, 0.29) is 0 Å². The molecule has 1 amide bonds. The van der Waals surface area contributed by atoms with Gasteiger partial charge in [0.15, 0.2) is 0 Å². The summed E-state index contributed by atoms with van der Waals surface area (Å²) < 4.78 is 5.62. The number of allylic oxidation sites excluding steroid dienone is 3. The van der Waals surface area contributed by atoms with Gasteiger partial charge < -0.3 is 4.74 Å². The van der Waals surface area contributed by atoms with E-state index in [0.29, 0.717) is 11.4 Å². The molecule has 1 aliphatic carbocycles. The lowest BCUT2D eigenvalue weighted by molar-refractivity contribution is 0.204. The minimum atomic E-state index is -0.533. The molecule has 1 N–H and O–H groups in total. The van der Waals surface area contributed by atoms with Crippen molar-refractivity contribution in [2.45, 2.75) is 11.7 Å². The molecule has 20 heavy (non-hydrogen) atoms. The SMILES string of the molecule is CC1(S)C=C(Br)C=CC(NC(=O)Oc2ccccc2)=C1. The first kappa shape index (κ1) is 14.9. The van der Waals surface area contributed by atoms with Crippen molar-refractivity contribution in [3.05, 3.63) is 64.8 Å². The van der Waals surface area contributed by atoms with Crippen molar-refractivity contribution in [2.75, 3.05) is 0 Å². The molecule has 0 fully saturated rings. The number of para-hydroxylation sites is 1. The molecule has 1 aromatic rings. The van der Waals surface area contributed by atoms with E-state index in [1.165, 1.54) is 0 Å². The number of hydrogen-bond acceptors (Lipinski definition) is 3. The second-order valence-corrected chi connectivity index (χ2v) is 6.39. The van der Waals surface area contributed by atoms with Crippen molar-refractivity contribution < 1.29 is 9.53 Å². The zero-order valence-electron chi connectivity index (χ0n) is 10.8. The number of carbonyl (C=O) groups is 1. The Balaban J connectivity index is 2.05. The number of halogens is 1. The summed E-state index contributed by atoms with van der Waals surface area (Å²) in [5.74, 6) is 0.496. The third-order valence-electron chi connectivity index (χ3n) is 2.50. The van der Waals surface area contributed by atoms with Gasteiger partial charge in [0.05, 0.1) is 0 Å².